The molecule has 0 aliphatic carbocycles. The lowest BCUT2D eigenvalue weighted by Crippen LogP contribution is -2.51. The second kappa shape index (κ2) is 12.7. The van der Waals surface area contributed by atoms with Crippen LogP contribution in [0.3, 0.4) is 0 Å². The van der Waals surface area contributed by atoms with Crippen LogP contribution < -0.4 is 4.74 Å². The lowest BCUT2D eigenvalue weighted by atomic mass is 10.1. The van der Waals surface area contributed by atoms with Crippen molar-refractivity contribution in [3.05, 3.63) is 64.9 Å². The Kier molecular flexibility index (Phi) is 9.72. The molecule has 0 unspecified atom stereocenters. The van der Waals surface area contributed by atoms with E-state index >= 15 is 0 Å². The van der Waals surface area contributed by atoms with Crippen molar-refractivity contribution < 1.29 is 18.7 Å². The van der Waals surface area contributed by atoms with Gasteiger partial charge >= 0.3 is 0 Å². The van der Waals surface area contributed by atoms with Gasteiger partial charge in [0.25, 0.3) is 5.91 Å². The third-order valence-corrected chi connectivity index (χ3v) is 6.06. The summed E-state index contributed by atoms with van der Waals surface area (Å²) in [7, 11) is 0. The molecule has 1 aliphatic rings. The number of amides is 2. The maximum Gasteiger partial charge on any atom is 0.260 e. The molecule has 1 aliphatic heterocycles. The molecule has 34 heavy (non-hydrogen) atoms. The van der Waals surface area contributed by atoms with Gasteiger partial charge in [-0.1, -0.05) is 37.6 Å². The van der Waals surface area contributed by atoms with E-state index in [-0.39, 0.29) is 30.2 Å². The van der Waals surface area contributed by atoms with Crippen molar-refractivity contribution in [1.29, 1.82) is 0 Å². The molecule has 1 fully saturated rings. The van der Waals surface area contributed by atoms with E-state index in [2.05, 4.69) is 4.90 Å². The number of hydrogen-bond acceptors (Lipinski definition) is 4. The minimum absolute atomic E-state index is 0.00319. The standard InChI is InChI=1S/C26H33ClFN3O3/c1-20(2)17-25(32)31(18-21-3-7-23(28)8-4-21)16-13-29-11-14-30(15-12-29)26(33)19-34-24-9-5-22(27)6-10-24/h3-10,20H,11-19H2,1-2H3. The minimum Gasteiger partial charge on any atom is -0.484 e. The molecule has 1 heterocycles. The number of benzene rings is 2. The van der Waals surface area contributed by atoms with E-state index in [9.17, 15) is 14.0 Å². The Morgan fingerprint density at radius 3 is 2.29 bits per heavy atom. The molecule has 0 N–H and O–H groups in total. The SMILES string of the molecule is CC(C)CC(=O)N(CCN1CCN(C(=O)COc2ccc(Cl)cc2)CC1)Cc1ccc(F)cc1. The van der Waals surface area contributed by atoms with Crippen molar-refractivity contribution in [3.8, 4) is 5.75 Å². The highest BCUT2D eigenvalue weighted by Gasteiger charge is 2.23. The van der Waals surface area contributed by atoms with Gasteiger partial charge in [0.1, 0.15) is 11.6 Å². The molecule has 2 aromatic carbocycles. The molecule has 1 saturated heterocycles. The molecular formula is C26H33ClFN3O3. The Bertz CT molecular complexity index is 929. The topological polar surface area (TPSA) is 53.1 Å². The highest BCUT2D eigenvalue weighted by molar-refractivity contribution is 6.30. The molecular weight excluding hydrogens is 457 g/mol. The molecule has 6 nitrogen and oxygen atoms in total. The molecule has 0 saturated carbocycles. The maximum absolute atomic E-state index is 13.3. The van der Waals surface area contributed by atoms with Gasteiger partial charge in [0, 0.05) is 57.3 Å². The first kappa shape index (κ1) is 26.0. The van der Waals surface area contributed by atoms with Crippen molar-refractivity contribution in [2.75, 3.05) is 45.9 Å². The average Bonchev–Trinajstić information content (AvgIpc) is 2.82. The van der Waals surface area contributed by atoms with Crippen molar-refractivity contribution >= 4 is 23.4 Å². The minimum atomic E-state index is -0.283. The second-order valence-electron chi connectivity index (χ2n) is 9.00. The van der Waals surface area contributed by atoms with E-state index in [4.69, 9.17) is 16.3 Å². The Morgan fingerprint density at radius 2 is 1.68 bits per heavy atom. The number of halogens is 2. The average molecular weight is 490 g/mol. The van der Waals surface area contributed by atoms with Gasteiger partial charge in [-0.25, -0.2) is 4.39 Å². The summed E-state index contributed by atoms with van der Waals surface area (Å²) in [4.78, 5) is 31.2. The quantitative estimate of drug-likeness (QED) is 0.504. The summed E-state index contributed by atoms with van der Waals surface area (Å²) in [5.74, 6) is 0.665. The van der Waals surface area contributed by atoms with Gasteiger partial charge in [-0.05, 0) is 47.9 Å². The number of rotatable bonds is 10. The Morgan fingerprint density at radius 1 is 1.03 bits per heavy atom. The van der Waals surface area contributed by atoms with Crippen LogP contribution in [0.25, 0.3) is 0 Å². The summed E-state index contributed by atoms with van der Waals surface area (Å²) in [6, 6.07) is 13.2. The van der Waals surface area contributed by atoms with E-state index in [1.54, 1.807) is 36.4 Å². The third-order valence-electron chi connectivity index (χ3n) is 5.81. The number of piperazine rings is 1. The Balaban J connectivity index is 1.45. The maximum atomic E-state index is 13.3. The smallest absolute Gasteiger partial charge is 0.260 e. The number of carbonyl (C=O) groups is 2. The highest BCUT2D eigenvalue weighted by atomic mass is 35.5. The first-order valence-corrected chi connectivity index (χ1v) is 12.1. The number of hydrogen-bond donors (Lipinski definition) is 0. The van der Waals surface area contributed by atoms with E-state index in [0.717, 1.165) is 25.2 Å². The van der Waals surface area contributed by atoms with Crippen LogP contribution in [-0.2, 0) is 16.1 Å². The predicted molar refractivity (Wildman–Crippen MR) is 131 cm³/mol. The number of ether oxygens (including phenoxy) is 1. The first-order chi connectivity index (χ1) is 16.3. The second-order valence-corrected chi connectivity index (χ2v) is 9.44. The summed E-state index contributed by atoms with van der Waals surface area (Å²) in [6.45, 7) is 8.59. The molecule has 0 atom stereocenters. The zero-order valence-corrected chi connectivity index (χ0v) is 20.6. The fourth-order valence-electron chi connectivity index (χ4n) is 3.83. The Hall–Kier alpha value is -2.64. The summed E-state index contributed by atoms with van der Waals surface area (Å²) in [5, 5.41) is 0.622. The van der Waals surface area contributed by atoms with Gasteiger partial charge in [0.2, 0.25) is 5.91 Å². The highest BCUT2D eigenvalue weighted by Crippen LogP contribution is 2.16. The van der Waals surface area contributed by atoms with Gasteiger partial charge in [-0.2, -0.15) is 0 Å². The molecule has 0 aromatic heterocycles. The molecule has 0 radical (unpaired) electrons. The molecule has 2 aromatic rings. The summed E-state index contributed by atoms with van der Waals surface area (Å²) >= 11 is 5.87. The number of carbonyl (C=O) groups excluding carboxylic acids is 2. The molecule has 0 bridgehead atoms. The molecule has 3 rings (SSSR count). The van der Waals surface area contributed by atoms with Crippen molar-refractivity contribution in [2.24, 2.45) is 5.92 Å². The first-order valence-electron chi connectivity index (χ1n) is 11.7. The van der Waals surface area contributed by atoms with E-state index in [1.165, 1.54) is 12.1 Å². The van der Waals surface area contributed by atoms with Crippen LogP contribution in [0.1, 0.15) is 25.8 Å². The van der Waals surface area contributed by atoms with Gasteiger partial charge < -0.3 is 14.5 Å². The van der Waals surface area contributed by atoms with Gasteiger partial charge in [-0.3, -0.25) is 14.5 Å². The van der Waals surface area contributed by atoms with Crippen molar-refractivity contribution in [3.63, 3.8) is 0 Å². The lowest BCUT2D eigenvalue weighted by Gasteiger charge is -2.36. The van der Waals surface area contributed by atoms with Crippen molar-refractivity contribution in [1.82, 2.24) is 14.7 Å². The zero-order chi connectivity index (χ0) is 24.5. The fourth-order valence-corrected chi connectivity index (χ4v) is 3.96. The largest absolute Gasteiger partial charge is 0.484 e. The monoisotopic (exact) mass is 489 g/mol. The predicted octanol–water partition coefficient (Wildman–Crippen LogP) is 4.08. The van der Waals surface area contributed by atoms with Crippen LogP contribution in [0.5, 0.6) is 5.75 Å². The lowest BCUT2D eigenvalue weighted by molar-refractivity contribution is -0.135. The van der Waals surface area contributed by atoms with Crippen LogP contribution >= 0.6 is 11.6 Å². The van der Waals surface area contributed by atoms with Gasteiger partial charge in [0.15, 0.2) is 6.61 Å². The third kappa shape index (κ3) is 8.29. The van der Waals surface area contributed by atoms with Crippen LogP contribution in [-0.4, -0.2) is 72.4 Å². The summed E-state index contributed by atoms with van der Waals surface area (Å²) in [6.07, 6.45) is 0.483. The molecule has 184 valence electrons. The normalized spacial score (nSPS) is 14.3. The molecule has 8 heteroatoms. The number of nitrogens with zero attached hydrogens (tertiary/aromatic N) is 3. The fraction of sp³-hybridized carbons (Fsp3) is 0.462. The summed E-state index contributed by atoms with van der Waals surface area (Å²) < 4.78 is 18.8. The van der Waals surface area contributed by atoms with E-state index in [0.29, 0.717) is 43.4 Å². The Labute approximate surface area is 206 Å². The van der Waals surface area contributed by atoms with Gasteiger partial charge in [0.05, 0.1) is 0 Å². The summed E-state index contributed by atoms with van der Waals surface area (Å²) in [5.41, 5.74) is 0.912. The van der Waals surface area contributed by atoms with E-state index in [1.807, 2.05) is 23.6 Å². The van der Waals surface area contributed by atoms with E-state index < -0.39 is 0 Å². The van der Waals surface area contributed by atoms with Crippen molar-refractivity contribution in [2.45, 2.75) is 26.8 Å². The van der Waals surface area contributed by atoms with Gasteiger partial charge in [-0.15, -0.1) is 0 Å². The molecule has 2 amide bonds. The molecule has 0 spiro atoms. The van der Waals surface area contributed by atoms with Crippen LogP contribution in [0.2, 0.25) is 5.02 Å². The van der Waals surface area contributed by atoms with Crippen LogP contribution in [0.15, 0.2) is 48.5 Å². The van der Waals surface area contributed by atoms with Crippen LogP contribution in [0, 0.1) is 11.7 Å². The van der Waals surface area contributed by atoms with Crippen LogP contribution in [0.4, 0.5) is 4.39 Å². The zero-order valence-electron chi connectivity index (χ0n) is 19.9.